The van der Waals surface area contributed by atoms with E-state index in [1.54, 1.807) is 12.1 Å². The van der Waals surface area contributed by atoms with Gasteiger partial charge >= 0.3 is 0 Å². The number of carbonyl (C=O) groups is 2. The first kappa shape index (κ1) is 28.6. The standard InChI is InChI=1S/C27H35F2N3O4S/c1-3-25(27(34)30-23-7-4-5-8-23)31(19-20-10-12-21(28)13-11-20)26(33)9-6-18-32(37(2,35)36)24-16-14-22(29)15-17-24/h10-17,23,25H,3-9,18-19H2,1-2H3,(H,30,34)/t25-/m1/s1. The lowest BCUT2D eigenvalue weighted by Crippen LogP contribution is -2.51. The smallest absolute Gasteiger partial charge is 0.243 e. The first-order valence-electron chi connectivity index (χ1n) is 12.7. The lowest BCUT2D eigenvalue weighted by atomic mass is 10.1. The first-order valence-corrected chi connectivity index (χ1v) is 14.5. The SMILES string of the molecule is CC[C@H](C(=O)NC1CCCC1)N(Cc1ccc(F)cc1)C(=O)CCCN(c1ccc(F)cc1)S(C)(=O)=O. The topological polar surface area (TPSA) is 86.8 Å². The molecule has 1 fully saturated rings. The third kappa shape index (κ3) is 8.24. The molecule has 1 saturated carbocycles. The van der Waals surface area contributed by atoms with Gasteiger partial charge in [0, 0.05) is 25.6 Å². The molecule has 3 rings (SSSR count). The van der Waals surface area contributed by atoms with Gasteiger partial charge in [-0.3, -0.25) is 13.9 Å². The van der Waals surface area contributed by atoms with Crippen molar-refractivity contribution in [1.82, 2.24) is 10.2 Å². The maximum Gasteiger partial charge on any atom is 0.243 e. The molecule has 2 amide bonds. The molecule has 1 aliphatic rings. The van der Waals surface area contributed by atoms with Gasteiger partial charge in [0.15, 0.2) is 0 Å². The number of hydrogen-bond acceptors (Lipinski definition) is 4. The van der Waals surface area contributed by atoms with Crippen LogP contribution < -0.4 is 9.62 Å². The predicted octanol–water partition coefficient (Wildman–Crippen LogP) is 4.38. The average Bonchev–Trinajstić information content (AvgIpc) is 3.36. The minimum absolute atomic E-state index is 0.00161. The average molecular weight is 536 g/mol. The fourth-order valence-electron chi connectivity index (χ4n) is 4.68. The van der Waals surface area contributed by atoms with Gasteiger partial charge in [-0.1, -0.05) is 31.9 Å². The highest BCUT2D eigenvalue weighted by Crippen LogP contribution is 2.21. The molecule has 0 heterocycles. The molecule has 0 aromatic heterocycles. The van der Waals surface area contributed by atoms with Crippen LogP contribution in [0.2, 0.25) is 0 Å². The van der Waals surface area contributed by atoms with Crippen LogP contribution >= 0.6 is 0 Å². The molecule has 37 heavy (non-hydrogen) atoms. The van der Waals surface area contributed by atoms with E-state index in [1.165, 1.54) is 41.3 Å². The van der Waals surface area contributed by atoms with Crippen molar-refractivity contribution in [3.63, 3.8) is 0 Å². The summed E-state index contributed by atoms with van der Waals surface area (Å²) in [5.74, 6) is -1.39. The van der Waals surface area contributed by atoms with Gasteiger partial charge < -0.3 is 10.2 Å². The van der Waals surface area contributed by atoms with Gasteiger partial charge in [0.05, 0.1) is 11.9 Å². The number of sulfonamides is 1. The molecular weight excluding hydrogens is 500 g/mol. The summed E-state index contributed by atoms with van der Waals surface area (Å²) in [5, 5.41) is 3.07. The Balaban J connectivity index is 1.74. The summed E-state index contributed by atoms with van der Waals surface area (Å²) in [6.07, 6.45) is 5.61. The molecule has 1 N–H and O–H groups in total. The zero-order valence-electron chi connectivity index (χ0n) is 21.3. The predicted molar refractivity (Wildman–Crippen MR) is 139 cm³/mol. The number of nitrogens with one attached hydrogen (secondary N) is 1. The zero-order chi connectivity index (χ0) is 27.0. The first-order chi connectivity index (χ1) is 17.6. The van der Waals surface area contributed by atoms with E-state index in [2.05, 4.69) is 5.32 Å². The van der Waals surface area contributed by atoms with Crippen molar-refractivity contribution in [2.75, 3.05) is 17.1 Å². The van der Waals surface area contributed by atoms with E-state index < -0.39 is 27.7 Å². The van der Waals surface area contributed by atoms with Gasteiger partial charge in [0.2, 0.25) is 21.8 Å². The number of benzene rings is 2. The molecule has 0 bridgehead atoms. The van der Waals surface area contributed by atoms with Crippen molar-refractivity contribution in [2.45, 2.75) is 70.5 Å². The van der Waals surface area contributed by atoms with Crippen molar-refractivity contribution in [3.05, 3.63) is 65.7 Å². The maximum absolute atomic E-state index is 13.4. The van der Waals surface area contributed by atoms with Crippen molar-refractivity contribution >= 4 is 27.5 Å². The summed E-state index contributed by atoms with van der Waals surface area (Å²) in [5.41, 5.74) is 0.993. The molecule has 10 heteroatoms. The van der Waals surface area contributed by atoms with E-state index in [0.717, 1.165) is 36.2 Å². The molecular formula is C27H35F2N3O4S. The second-order valence-electron chi connectivity index (χ2n) is 9.48. The monoisotopic (exact) mass is 535 g/mol. The van der Waals surface area contributed by atoms with Crippen LogP contribution in [0.4, 0.5) is 14.5 Å². The molecule has 1 atom stereocenters. The number of amides is 2. The molecule has 0 aliphatic heterocycles. The number of hydrogen-bond donors (Lipinski definition) is 1. The molecule has 0 spiro atoms. The van der Waals surface area contributed by atoms with E-state index in [0.29, 0.717) is 17.7 Å². The van der Waals surface area contributed by atoms with Gasteiger partial charge in [0.25, 0.3) is 0 Å². The number of anilines is 1. The highest BCUT2D eigenvalue weighted by Gasteiger charge is 2.30. The van der Waals surface area contributed by atoms with E-state index in [4.69, 9.17) is 0 Å². The summed E-state index contributed by atoms with van der Waals surface area (Å²) in [6.45, 7) is 1.98. The Kier molecular flexibility index (Phi) is 10.0. The van der Waals surface area contributed by atoms with Crippen LogP contribution in [0.3, 0.4) is 0 Å². The molecule has 0 radical (unpaired) electrons. The Bertz CT molecular complexity index is 1150. The Morgan fingerprint density at radius 1 is 1.00 bits per heavy atom. The Morgan fingerprint density at radius 3 is 2.11 bits per heavy atom. The van der Waals surface area contributed by atoms with Crippen molar-refractivity contribution in [2.24, 2.45) is 0 Å². The van der Waals surface area contributed by atoms with Crippen LogP contribution in [0.15, 0.2) is 48.5 Å². The molecule has 202 valence electrons. The second-order valence-corrected chi connectivity index (χ2v) is 11.4. The second kappa shape index (κ2) is 13.0. The minimum atomic E-state index is -3.66. The van der Waals surface area contributed by atoms with E-state index in [1.807, 2.05) is 6.92 Å². The summed E-state index contributed by atoms with van der Waals surface area (Å²) >= 11 is 0. The van der Waals surface area contributed by atoms with Gasteiger partial charge in [-0.15, -0.1) is 0 Å². The summed E-state index contributed by atoms with van der Waals surface area (Å²) < 4.78 is 52.6. The molecule has 7 nitrogen and oxygen atoms in total. The van der Waals surface area contributed by atoms with E-state index in [9.17, 15) is 26.8 Å². The quantitative estimate of drug-likeness (QED) is 0.437. The number of carbonyl (C=O) groups excluding carboxylic acids is 2. The van der Waals surface area contributed by atoms with Crippen LogP contribution in [0.5, 0.6) is 0 Å². The van der Waals surface area contributed by atoms with Gasteiger partial charge in [-0.25, -0.2) is 17.2 Å². The minimum Gasteiger partial charge on any atom is -0.352 e. The molecule has 1 aliphatic carbocycles. The highest BCUT2D eigenvalue weighted by atomic mass is 32.2. The number of rotatable bonds is 12. The Morgan fingerprint density at radius 2 is 1.57 bits per heavy atom. The third-order valence-corrected chi connectivity index (χ3v) is 7.81. The lowest BCUT2D eigenvalue weighted by molar-refractivity contribution is -0.141. The fraction of sp³-hybridized carbons (Fsp3) is 0.481. The number of halogens is 2. The molecule has 2 aromatic rings. The van der Waals surface area contributed by atoms with E-state index in [-0.39, 0.29) is 43.8 Å². The van der Waals surface area contributed by atoms with Crippen molar-refractivity contribution in [1.29, 1.82) is 0 Å². The van der Waals surface area contributed by atoms with Crippen LogP contribution in [0.1, 0.15) is 57.4 Å². The maximum atomic E-state index is 13.4. The molecule has 0 unspecified atom stereocenters. The van der Waals surface area contributed by atoms with Crippen molar-refractivity contribution in [3.8, 4) is 0 Å². The van der Waals surface area contributed by atoms with Crippen LogP contribution in [0, 0.1) is 11.6 Å². The summed E-state index contributed by atoms with van der Waals surface area (Å²) in [6, 6.07) is 10.3. The Labute approximate surface area is 217 Å². The third-order valence-electron chi connectivity index (χ3n) is 6.62. The molecule has 2 aromatic carbocycles. The van der Waals surface area contributed by atoms with Crippen molar-refractivity contribution < 1.29 is 26.8 Å². The van der Waals surface area contributed by atoms with Gasteiger partial charge in [-0.2, -0.15) is 0 Å². The number of nitrogens with zero attached hydrogens (tertiary/aromatic N) is 2. The van der Waals surface area contributed by atoms with Crippen LogP contribution in [0.25, 0.3) is 0 Å². The Hall–Kier alpha value is -3.01. The van der Waals surface area contributed by atoms with Gasteiger partial charge in [0.1, 0.15) is 17.7 Å². The summed E-state index contributed by atoms with van der Waals surface area (Å²) in [4.78, 5) is 28.1. The van der Waals surface area contributed by atoms with Crippen LogP contribution in [-0.4, -0.2) is 50.0 Å². The normalized spacial score (nSPS) is 14.8. The van der Waals surface area contributed by atoms with Gasteiger partial charge in [-0.05, 0) is 67.6 Å². The lowest BCUT2D eigenvalue weighted by Gasteiger charge is -2.32. The zero-order valence-corrected chi connectivity index (χ0v) is 22.1. The highest BCUT2D eigenvalue weighted by molar-refractivity contribution is 7.92. The fourth-order valence-corrected chi connectivity index (χ4v) is 5.65. The largest absolute Gasteiger partial charge is 0.352 e. The van der Waals surface area contributed by atoms with Crippen LogP contribution in [-0.2, 0) is 26.2 Å². The summed E-state index contributed by atoms with van der Waals surface area (Å²) in [7, 11) is -3.66. The van der Waals surface area contributed by atoms with E-state index >= 15 is 0 Å². The molecule has 0 saturated heterocycles.